The molecular formula is C14H22ClNO2. The van der Waals surface area contributed by atoms with Crippen LogP contribution >= 0.6 is 11.6 Å². The molecule has 4 heteroatoms. The molecule has 0 saturated heterocycles. The zero-order chi connectivity index (χ0) is 13.9. The lowest BCUT2D eigenvalue weighted by molar-refractivity contribution is 0.0737. The third kappa shape index (κ3) is 3.08. The summed E-state index contributed by atoms with van der Waals surface area (Å²) in [6.45, 7) is 11.4. The average molecular weight is 272 g/mol. The van der Waals surface area contributed by atoms with Crippen LogP contribution in [0.15, 0.2) is 10.5 Å². The number of hydrogen-bond donors (Lipinski definition) is 0. The largest absolute Gasteiger partial charge is 0.455 e. The molecule has 3 nitrogen and oxygen atoms in total. The Morgan fingerprint density at radius 3 is 2.22 bits per heavy atom. The second-order valence-corrected chi connectivity index (χ2v) is 5.59. The molecule has 1 aromatic heterocycles. The fourth-order valence-corrected chi connectivity index (χ4v) is 2.13. The van der Waals surface area contributed by atoms with Gasteiger partial charge in [-0.05, 0) is 19.9 Å². The number of nitrogens with zero attached hydrogens (tertiary/aromatic N) is 1. The first kappa shape index (κ1) is 15.1. The number of hydrogen-bond acceptors (Lipinski definition) is 2. The Morgan fingerprint density at radius 1 is 1.33 bits per heavy atom. The number of carbonyl (C=O) groups excluding carboxylic acids is 1. The molecule has 102 valence electrons. The molecule has 1 rings (SSSR count). The summed E-state index contributed by atoms with van der Waals surface area (Å²) in [7, 11) is 0. The lowest BCUT2D eigenvalue weighted by atomic mass is 9.91. The molecule has 0 aliphatic heterocycles. The summed E-state index contributed by atoms with van der Waals surface area (Å²) >= 11 is 5.92. The van der Waals surface area contributed by atoms with E-state index in [2.05, 4.69) is 0 Å². The van der Waals surface area contributed by atoms with E-state index in [1.165, 1.54) is 0 Å². The van der Waals surface area contributed by atoms with Gasteiger partial charge >= 0.3 is 0 Å². The summed E-state index contributed by atoms with van der Waals surface area (Å²) in [5, 5.41) is 0. The van der Waals surface area contributed by atoms with Crippen molar-refractivity contribution in [2.45, 2.75) is 45.9 Å². The first-order valence-corrected chi connectivity index (χ1v) is 6.87. The summed E-state index contributed by atoms with van der Waals surface area (Å²) in [5.74, 6) is 1.48. The summed E-state index contributed by atoms with van der Waals surface area (Å²) < 4.78 is 5.74. The maximum Gasteiger partial charge on any atom is 0.289 e. The minimum Gasteiger partial charge on any atom is -0.455 e. The van der Waals surface area contributed by atoms with Crippen molar-refractivity contribution in [3.63, 3.8) is 0 Å². The van der Waals surface area contributed by atoms with Gasteiger partial charge in [-0.15, -0.1) is 11.6 Å². The van der Waals surface area contributed by atoms with E-state index in [-0.39, 0.29) is 11.3 Å². The minimum atomic E-state index is -0.147. The van der Waals surface area contributed by atoms with Crippen LogP contribution < -0.4 is 0 Å². The van der Waals surface area contributed by atoms with Crippen molar-refractivity contribution in [2.75, 3.05) is 13.1 Å². The van der Waals surface area contributed by atoms with Gasteiger partial charge in [0.2, 0.25) is 0 Å². The lowest BCUT2D eigenvalue weighted by Crippen LogP contribution is -2.30. The highest BCUT2D eigenvalue weighted by Gasteiger charge is 2.26. The molecule has 0 aliphatic rings. The molecule has 0 radical (unpaired) electrons. The van der Waals surface area contributed by atoms with E-state index < -0.39 is 0 Å². The first-order chi connectivity index (χ1) is 8.35. The number of halogens is 1. The molecule has 0 saturated carbocycles. The SMILES string of the molecule is CCN(CC)C(=O)c1cc(CCl)c(C(C)(C)C)o1. The van der Waals surface area contributed by atoms with Crippen LogP contribution in [-0.4, -0.2) is 23.9 Å². The third-order valence-corrected chi connectivity index (χ3v) is 3.18. The van der Waals surface area contributed by atoms with Crippen molar-refractivity contribution >= 4 is 17.5 Å². The van der Waals surface area contributed by atoms with E-state index in [9.17, 15) is 4.79 Å². The molecule has 18 heavy (non-hydrogen) atoms. The van der Waals surface area contributed by atoms with Crippen molar-refractivity contribution in [2.24, 2.45) is 0 Å². The molecule has 0 aliphatic carbocycles. The molecule has 1 amide bonds. The Bertz CT molecular complexity index is 414. The third-order valence-electron chi connectivity index (χ3n) is 2.90. The van der Waals surface area contributed by atoms with E-state index in [0.717, 1.165) is 11.3 Å². The van der Waals surface area contributed by atoms with Crippen LogP contribution in [0.2, 0.25) is 0 Å². The summed E-state index contributed by atoms with van der Waals surface area (Å²) in [6, 6.07) is 1.77. The van der Waals surface area contributed by atoms with Gasteiger partial charge in [-0.2, -0.15) is 0 Å². The molecule has 0 fully saturated rings. The van der Waals surface area contributed by atoms with Crippen LogP contribution in [0, 0.1) is 0 Å². The van der Waals surface area contributed by atoms with Gasteiger partial charge < -0.3 is 9.32 Å². The van der Waals surface area contributed by atoms with Gasteiger partial charge in [0.05, 0.1) is 5.88 Å². The molecule has 0 atom stereocenters. The van der Waals surface area contributed by atoms with E-state index in [1.807, 2.05) is 34.6 Å². The average Bonchev–Trinajstić information content (AvgIpc) is 2.74. The summed E-state index contributed by atoms with van der Waals surface area (Å²) in [6.07, 6.45) is 0. The standard InChI is InChI=1S/C14H22ClNO2/c1-6-16(7-2)13(17)11-8-10(9-15)12(18-11)14(3,4)5/h8H,6-7,9H2,1-5H3. The Labute approximate surface area is 114 Å². The Morgan fingerprint density at radius 2 is 1.89 bits per heavy atom. The van der Waals surface area contributed by atoms with Crippen molar-refractivity contribution in [3.8, 4) is 0 Å². The highest BCUT2D eigenvalue weighted by Crippen LogP contribution is 2.30. The van der Waals surface area contributed by atoms with Gasteiger partial charge in [0.1, 0.15) is 5.76 Å². The second kappa shape index (κ2) is 5.79. The van der Waals surface area contributed by atoms with Gasteiger partial charge in [0, 0.05) is 24.1 Å². The molecule has 0 aromatic carbocycles. The van der Waals surface area contributed by atoms with Crippen LogP contribution in [0.4, 0.5) is 0 Å². The highest BCUT2D eigenvalue weighted by molar-refractivity contribution is 6.17. The van der Waals surface area contributed by atoms with E-state index in [1.54, 1.807) is 11.0 Å². The predicted molar refractivity (Wildman–Crippen MR) is 74.2 cm³/mol. The number of rotatable bonds is 4. The number of furan rings is 1. The highest BCUT2D eigenvalue weighted by atomic mass is 35.5. The first-order valence-electron chi connectivity index (χ1n) is 6.33. The maximum absolute atomic E-state index is 12.2. The Kier molecular flexibility index (Phi) is 4.85. The van der Waals surface area contributed by atoms with Crippen molar-refractivity contribution in [3.05, 3.63) is 23.2 Å². The van der Waals surface area contributed by atoms with Crippen LogP contribution in [0.3, 0.4) is 0 Å². The zero-order valence-corrected chi connectivity index (χ0v) is 12.6. The number of carbonyl (C=O) groups is 1. The van der Waals surface area contributed by atoms with Crippen LogP contribution in [0.25, 0.3) is 0 Å². The van der Waals surface area contributed by atoms with Crippen LogP contribution in [-0.2, 0) is 11.3 Å². The van der Waals surface area contributed by atoms with Crippen molar-refractivity contribution in [1.29, 1.82) is 0 Å². The molecule has 0 N–H and O–H groups in total. The van der Waals surface area contributed by atoms with Gasteiger partial charge in [0.15, 0.2) is 5.76 Å². The van der Waals surface area contributed by atoms with Gasteiger partial charge in [-0.3, -0.25) is 4.79 Å². The fraction of sp³-hybridized carbons (Fsp3) is 0.643. The monoisotopic (exact) mass is 271 g/mol. The van der Waals surface area contributed by atoms with E-state index >= 15 is 0 Å². The molecule has 0 spiro atoms. The molecule has 1 aromatic rings. The number of alkyl halides is 1. The zero-order valence-electron chi connectivity index (χ0n) is 11.8. The Balaban J connectivity index is 3.13. The number of amides is 1. The molecule has 1 heterocycles. The summed E-state index contributed by atoms with van der Waals surface area (Å²) in [4.78, 5) is 13.9. The maximum atomic E-state index is 12.2. The van der Waals surface area contributed by atoms with Gasteiger partial charge in [-0.1, -0.05) is 20.8 Å². The van der Waals surface area contributed by atoms with Crippen LogP contribution in [0.5, 0.6) is 0 Å². The lowest BCUT2D eigenvalue weighted by Gasteiger charge is -2.18. The van der Waals surface area contributed by atoms with E-state index in [4.69, 9.17) is 16.0 Å². The molecule has 0 bridgehead atoms. The van der Waals surface area contributed by atoms with Crippen molar-refractivity contribution < 1.29 is 9.21 Å². The van der Waals surface area contributed by atoms with Crippen LogP contribution in [0.1, 0.15) is 56.5 Å². The van der Waals surface area contributed by atoms with Gasteiger partial charge in [-0.25, -0.2) is 0 Å². The fourth-order valence-electron chi connectivity index (χ4n) is 1.93. The van der Waals surface area contributed by atoms with Gasteiger partial charge in [0.25, 0.3) is 5.91 Å². The van der Waals surface area contributed by atoms with E-state index in [0.29, 0.717) is 24.7 Å². The summed E-state index contributed by atoms with van der Waals surface area (Å²) in [5.41, 5.74) is 0.756. The molecular weight excluding hydrogens is 250 g/mol. The predicted octanol–water partition coefficient (Wildman–Crippen LogP) is 3.80. The van der Waals surface area contributed by atoms with Crippen molar-refractivity contribution in [1.82, 2.24) is 4.90 Å². The quantitative estimate of drug-likeness (QED) is 0.781. The normalized spacial score (nSPS) is 11.7. The smallest absolute Gasteiger partial charge is 0.289 e. The second-order valence-electron chi connectivity index (χ2n) is 5.33. The molecule has 0 unspecified atom stereocenters. The minimum absolute atomic E-state index is 0.0677. The topological polar surface area (TPSA) is 33.5 Å². The Hall–Kier alpha value is -0.960.